The van der Waals surface area contributed by atoms with E-state index >= 15 is 0 Å². The Kier molecular flexibility index (Phi) is 3.16. The maximum absolute atomic E-state index is 5.55. The van der Waals surface area contributed by atoms with Gasteiger partial charge in [0.05, 0.1) is 0 Å². The summed E-state index contributed by atoms with van der Waals surface area (Å²) in [5.41, 5.74) is 5.55. The van der Waals surface area contributed by atoms with Gasteiger partial charge in [-0.3, -0.25) is 0 Å². The van der Waals surface area contributed by atoms with E-state index < -0.39 is 0 Å². The van der Waals surface area contributed by atoms with Crippen LogP contribution in [0.2, 0.25) is 0 Å². The first kappa shape index (κ1) is 8.02. The van der Waals surface area contributed by atoms with Crippen LogP contribution in [0.1, 0.15) is 32.6 Å². The topological polar surface area (TPSA) is 38.0 Å². The summed E-state index contributed by atoms with van der Waals surface area (Å²) < 4.78 is 0. The number of nitrogens with two attached hydrogens (primary N) is 1. The molecule has 0 aromatic heterocycles. The van der Waals surface area contributed by atoms with E-state index in [-0.39, 0.29) is 0 Å². The lowest BCUT2D eigenvalue weighted by molar-refractivity contribution is 0.302. The van der Waals surface area contributed by atoms with Crippen molar-refractivity contribution in [1.82, 2.24) is 5.32 Å². The fraction of sp³-hybridized carbons (Fsp3) is 1.00. The zero-order valence-corrected chi connectivity index (χ0v) is 6.77. The van der Waals surface area contributed by atoms with E-state index in [1.54, 1.807) is 0 Å². The van der Waals surface area contributed by atoms with Gasteiger partial charge in [-0.25, -0.2) is 0 Å². The van der Waals surface area contributed by atoms with Crippen LogP contribution in [-0.4, -0.2) is 18.6 Å². The summed E-state index contributed by atoms with van der Waals surface area (Å²) >= 11 is 0. The monoisotopic (exact) mass is 142 g/mol. The summed E-state index contributed by atoms with van der Waals surface area (Å²) in [6.45, 7) is 2.97. The largest absolute Gasteiger partial charge is 0.329 e. The molecule has 0 aliphatic heterocycles. The Balaban J connectivity index is 2.08. The fourth-order valence-corrected chi connectivity index (χ4v) is 1.26. The zero-order chi connectivity index (χ0) is 7.40. The molecule has 3 N–H and O–H groups in total. The summed E-state index contributed by atoms with van der Waals surface area (Å²) in [4.78, 5) is 0. The molecule has 1 atom stereocenters. The molecule has 0 heterocycles. The molecule has 1 saturated carbocycles. The summed E-state index contributed by atoms with van der Waals surface area (Å²) in [6.07, 6.45) is 5.28. The molecular weight excluding hydrogens is 124 g/mol. The van der Waals surface area contributed by atoms with Crippen LogP contribution in [0.5, 0.6) is 0 Å². The Labute approximate surface area is 63.2 Å². The molecule has 0 bridgehead atoms. The molecule has 60 valence electrons. The highest BCUT2D eigenvalue weighted by Crippen LogP contribution is 2.18. The van der Waals surface area contributed by atoms with Crippen LogP contribution < -0.4 is 11.1 Å². The third kappa shape index (κ3) is 1.96. The molecule has 0 saturated heterocycles. The van der Waals surface area contributed by atoms with Crippen molar-refractivity contribution in [2.45, 2.75) is 44.7 Å². The average Bonchev–Trinajstić information content (AvgIpc) is 1.87. The lowest BCUT2D eigenvalue weighted by atomic mass is 9.92. The van der Waals surface area contributed by atoms with Gasteiger partial charge in [-0.1, -0.05) is 13.3 Å². The van der Waals surface area contributed by atoms with Crippen molar-refractivity contribution >= 4 is 0 Å². The van der Waals surface area contributed by atoms with E-state index in [2.05, 4.69) is 12.2 Å². The lowest BCUT2D eigenvalue weighted by Crippen LogP contribution is -2.45. The van der Waals surface area contributed by atoms with Crippen LogP contribution in [-0.2, 0) is 0 Å². The van der Waals surface area contributed by atoms with Gasteiger partial charge in [-0.2, -0.15) is 0 Å². The quantitative estimate of drug-likeness (QED) is 0.611. The second kappa shape index (κ2) is 3.94. The predicted octanol–water partition coefficient (Wildman–Crippen LogP) is 0.866. The van der Waals surface area contributed by atoms with Gasteiger partial charge in [0.1, 0.15) is 0 Å². The van der Waals surface area contributed by atoms with Crippen molar-refractivity contribution in [3.05, 3.63) is 0 Å². The van der Waals surface area contributed by atoms with Gasteiger partial charge in [-0.15, -0.1) is 0 Å². The Bertz CT molecular complexity index is 85.3. The normalized spacial score (nSPS) is 22.2. The Hall–Kier alpha value is -0.0800. The average molecular weight is 142 g/mol. The van der Waals surface area contributed by atoms with E-state index in [0.717, 1.165) is 19.0 Å². The molecule has 2 heteroatoms. The summed E-state index contributed by atoms with van der Waals surface area (Å²) in [6, 6.07) is 1.35. The van der Waals surface area contributed by atoms with Gasteiger partial charge in [0.2, 0.25) is 0 Å². The number of nitrogens with one attached hydrogen (secondary N) is 1. The van der Waals surface area contributed by atoms with Crippen molar-refractivity contribution < 1.29 is 0 Å². The molecule has 0 radical (unpaired) electrons. The van der Waals surface area contributed by atoms with Gasteiger partial charge in [0.25, 0.3) is 0 Å². The minimum Gasteiger partial charge on any atom is -0.329 e. The summed E-state index contributed by atoms with van der Waals surface area (Å²) in [5, 5.41) is 3.53. The first-order valence-electron chi connectivity index (χ1n) is 4.33. The van der Waals surface area contributed by atoms with Crippen LogP contribution >= 0.6 is 0 Å². The molecule has 0 amide bonds. The summed E-state index contributed by atoms with van der Waals surface area (Å²) in [7, 11) is 0. The van der Waals surface area contributed by atoms with E-state index in [1.165, 1.54) is 19.3 Å². The predicted molar refractivity (Wildman–Crippen MR) is 43.9 cm³/mol. The highest BCUT2D eigenvalue weighted by atomic mass is 15.0. The smallest absolute Gasteiger partial charge is 0.0190 e. The van der Waals surface area contributed by atoms with Gasteiger partial charge >= 0.3 is 0 Å². The zero-order valence-electron chi connectivity index (χ0n) is 6.77. The second-order valence-corrected chi connectivity index (χ2v) is 3.14. The third-order valence-electron chi connectivity index (χ3n) is 2.35. The van der Waals surface area contributed by atoms with E-state index in [4.69, 9.17) is 5.73 Å². The van der Waals surface area contributed by atoms with Crippen molar-refractivity contribution in [3.8, 4) is 0 Å². The highest BCUT2D eigenvalue weighted by Gasteiger charge is 2.18. The minimum atomic E-state index is 0.560. The molecule has 1 rings (SSSR count). The van der Waals surface area contributed by atoms with Crippen molar-refractivity contribution in [1.29, 1.82) is 0 Å². The maximum Gasteiger partial charge on any atom is 0.0190 e. The van der Waals surface area contributed by atoms with Crippen molar-refractivity contribution in [2.75, 3.05) is 6.54 Å². The highest BCUT2D eigenvalue weighted by molar-refractivity contribution is 4.80. The summed E-state index contributed by atoms with van der Waals surface area (Å²) in [5.74, 6) is 0. The fourth-order valence-electron chi connectivity index (χ4n) is 1.26. The maximum atomic E-state index is 5.55. The van der Waals surface area contributed by atoms with Gasteiger partial charge in [0, 0.05) is 18.6 Å². The number of hydrogen-bond donors (Lipinski definition) is 2. The van der Waals surface area contributed by atoms with E-state index in [1.807, 2.05) is 0 Å². The van der Waals surface area contributed by atoms with Crippen LogP contribution in [0.4, 0.5) is 0 Å². The molecule has 10 heavy (non-hydrogen) atoms. The van der Waals surface area contributed by atoms with Crippen molar-refractivity contribution in [2.24, 2.45) is 5.73 Å². The Morgan fingerprint density at radius 3 is 2.60 bits per heavy atom. The first-order valence-corrected chi connectivity index (χ1v) is 4.33. The van der Waals surface area contributed by atoms with Crippen LogP contribution in [0.3, 0.4) is 0 Å². The van der Waals surface area contributed by atoms with Gasteiger partial charge in [0.15, 0.2) is 0 Å². The molecular formula is C8H18N2. The molecule has 2 nitrogen and oxygen atoms in total. The van der Waals surface area contributed by atoms with E-state index in [9.17, 15) is 0 Å². The third-order valence-corrected chi connectivity index (χ3v) is 2.35. The van der Waals surface area contributed by atoms with Crippen LogP contribution in [0.25, 0.3) is 0 Å². The molecule has 1 aliphatic rings. The number of hydrogen-bond acceptors (Lipinski definition) is 2. The van der Waals surface area contributed by atoms with Gasteiger partial charge < -0.3 is 11.1 Å². The molecule has 0 spiro atoms. The van der Waals surface area contributed by atoms with E-state index in [0.29, 0.717) is 6.04 Å². The molecule has 1 fully saturated rings. The molecule has 0 aromatic rings. The molecule has 0 aromatic carbocycles. The first-order chi connectivity index (χ1) is 4.86. The van der Waals surface area contributed by atoms with Crippen LogP contribution in [0.15, 0.2) is 0 Å². The van der Waals surface area contributed by atoms with Crippen molar-refractivity contribution in [3.63, 3.8) is 0 Å². The Morgan fingerprint density at radius 1 is 1.60 bits per heavy atom. The number of rotatable bonds is 4. The molecule has 1 unspecified atom stereocenters. The second-order valence-electron chi connectivity index (χ2n) is 3.14. The standard InChI is InChI=1S/C8H18N2/c1-2-7(6-9)10-8-4-3-5-8/h7-8,10H,2-6,9H2,1H3. The van der Waals surface area contributed by atoms with Crippen LogP contribution in [0, 0.1) is 0 Å². The molecule has 1 aliphatic carbocycles. The Morgan fingerprint density at radius 2 is 2.30 bits per heavy atom. The minimum absolute atomic E-state index is 0.560. The van der Waals surface area contributed by atoms with Gasteiger partial charge in [-0.05, 0) is 19.3 Å². The SMILES string of the molecule is CCC(CN)NC1CCC1. The lowest BCUT2D eigenvalue weighted by Gasteiger charge is -2.30.